The predicted molar refractivity (Wildman–Crippen MR) is 127 cm³/mol. The van der Waals surface area contributed by atoms with Crippen molar-refractivity contribution in [2.75, 3.05) is 25.7 Å². The molecule has 3 fully saturated rings. The van der Waals surface area contributed by atoms with Gasteiger partial charge in [0, 0.05) is 6.54 Å². The van der Waals surface area contributed by atoms with Crippen LogP contribution in [0.1, 0.15) is 23.1 Å². The van der Waals surface area contributed by atoms with E-state index < -0.39 is 12.1 Å². The minimum absolute atomic E-state index is 0.110. The normalized spacial score (nSPS) is 22.5. The summed E-state index contributed by atoms with van der Waals surface area (Å²) in [6.07, 6.45) is 0.716. The monoisotopic (exact) mass is 494 g/mol. The molecule has 3 heterocycles. The number of urea groups is 1. The molecule has 10 heteroatoms. The van der Waals surface area contributed by atoms with Crippen LogP contribution in [0.5, 0.6) is 11.5 Å². The molecule has 5 rings (SSSR count). The van der Waals surface area contributed by atoms with Crippen LogP contribution in [0.2, 0.25) is 5.02 Å². The topological polar surface area (TPSA) is 103 Å². The van der Waals surface area contributed by atoms with Crippen molar-refractivity contribution in [1.29, 1.82) is 5.26 Å². The van der Waals surface area contributed by atoms with E-state index in [0.29, 0.717) is 35.7 Å². The van der Waals surface area contributed by atoms with Crippen molar-refractivity contribution >= 4 is 35.1 Å². The number of likely N-dealkylation sites (tertiary alicyclic amines) is 1. The van der Waals surface area contributed by atoms with Crippen LogP contribution in [0.15, 0.2) is 30.3 Å². The Morgan fingerprint density at radius 2 is 1.91 bits per heavy atom. The van der Waals surface area contributed by atoms with Crippen LogP contribution in [0.4, 0.5) is 10.5 Å². The highest BCUT2D eigenvalue weighted by Crippen LogP contribution is 2.44. The summed E-state index contributed by atoms with van der Waals surface area (Å²) in [6, 6.07) is 8.64. The number of rotatable bonds is 5. The number of nitrogens with zero attached hydrogens (tertiary/aromatic N) is 4. The van der Waals surface area contributed by atoms with Gasteiger partial charge in [-0.05, 0) is 48.7 Å². The molecule has 35 heavy (non-hydrogen) atoms. The van der Waals surface area contributed by atoms with E-state index in [2.05, 4.69) is 0 Å². The molecule has 0 radical (unpaired) electrons. The summed E-state index contributed by atoms with van der Waals surface area (Å²) in [7, 11) is 3.08. The number of benzene rings is 2. The summed E-state index contributed by atoms with van der Waals surface area (Å²) < 4.78 is 10.6. The molecule has 0 N–H and O–H groups in total. The van der Waals surface area contributed by atoms with Crippen LogP contribution in [0, 0.1) is 18.3 Å². The Morgan fingerprint density at radius 1 is 1.17 bits per heavy atom. The number of methoxy groups -OCH3 is 2. The molecule has 2 aromatic rings. The molecular formula is C25H23ClN4O5. The minimum Gasteiger partial charge on any atom is -0.493 e. The Labute approximate surface area is 207 Å². The van der Waals surface area contributed by atoms with Crippen LogP contribution in [-0.4, -0.2) is 66.5 Å². The van der Waals surface area contributed by atoms with Gasteiger partial charge in [0.1, 0.15) is 12.1 Å². The molecule has 0 aromatic heterocycles. The fraction of sp³-hybridized carbons (Fsp3) is 0.360. The molecule has 2 bridgehead atoms. The van der Waals surface area contributed by atoms with Gasteiger partial charge in [-0.2, -0.15) is 5.26 Å². The predicted octanol–water partition coefficient (Wildman–Crippen LogP) is 2.90. The summed E-state index contributed by atoms with van der Waals surface area (Å²) in [4.78, 5) is 44.5. The van der Waals surface area contributed by atoms with E-state index >= 15 is 0 Å². The van der Waals surface area contributed by atoms with E-state index in [0.717, 1.165) is 10.5 Å². The average molecular weight is 495 g/mol. The van der Waals surface area contributed by atoms with E-state index in [1.165, 1.54) is 13.2 Å². The molecule has 3 aliphatic rings. The zero-order chi connectivity index (χ0) is 25.0. The van der Waals surface area contributed by atoms with Gasteiger partial charge in [0.2, 0.25) is 5.91 Å². The first-order chi connectivity index (χ1) is 16.8. The fourth-order valence-electron chi connectivity index (χ4n) is 5.44. The molecule has 2 aromatic carbocycles. The molecule has 3 atom stereocenters. The number of ether oxygens (including phenoxy) is 2. The molecule has 180 valence electrons. The first kappa shape index (κ1) is 23.0. The van der Waals surface area contributed by atoms with Crippen molar-refractivity contribution in [3.05, 3.63) is 52.0 Å². The number of halogens is 1. The van der Waals surface area contributed by atoms with Gasteiger partial charge in [0.05, 0.1) is 49.0 Å². The summed E-state index contributed by atoms with van der Waals surface area (Å²) in [6.45, 7) is 2.06. The maximum Gasteiger partial charge on any atom is 0.332 e. The number of anilines is 1. The SMILES string of the molecule is COc1ccc(CC(=O)N2CC3CC2[C@@H]2C(=O)N(c4ccc(C#N)c(Cl)c4C)C(=O)N32)cc1OC. The number of nitriles is 1. The third kappa shape index (κ3) is 3.40. The lowest BCUT2D eigenvalue weighted by Gasteiger charge is -2.35. The first-order valence-electron chi connectivity index (χ1n) is 11.2. The number of carbonyl (C=O) groups is 3. The average Bonchev–Trinajstić information content (AvgIpc) is 3.52. The molecule has 3 aliphatic heterocycles. The van der Waals surface area contributed by atoms with Crippen LogP contribution >= 0.6 is 11.6 Å². The third-order valence-electron chi connectivity index (χ3n) is 7.11. The van der Waals surface area contributed by atoms with Gasteiger partial charge in [-0.1, -0.05) is 17.7 Å². The molecule has 0 spiro atoms. The van der Waals surface area contributed by atoms with Gasteiger partial charge < -0.3 is 19.3 Å². The van der Waals surface area contributed by atoms with Gasteiger partial charge >= 0.3 is 6.03 Å². The molecule has 2 unspecified atom stereocenters. The van der Waals surface area contributed by atoms with Gasteiger partial charge in [-0.3, -0.25) is 9.59 Å². The van der Waals surface area contributed by atoms with Crippen molar-refractivity contribution in [1.82, 2.24) is 9.80 Å². The van der Waals surface area contributed by atoms with Gasteiger partial charge in [-0.15, -0.1) is 0 Å². The molecule has 4 amide bonds. The Morgan fingerprint density at radius 3 is 2.60 bits per heavy atom. The quantitative estimate of drug-likeness (QED) is 0.592. The van der Waals surface area contributed by atoms with E-state index in [9.17, 15) is 19.6 Å². The highest BCUT2D eigenvalue weighted by Gasteiger charge is 2.62. The summed E-state index contributed by atoms with van der Waals surface area (Å²) >= 11 is 6.29. The molecular weight excluding hydrogens is 472 g/mol. The van der Waals surface area contributed by atoms with E-state index in [1.54, 1.807) is 42.0 Å². The highest BCUT2D eigenvalue weighted by molar-refractivity contribution is 6.33. The lowest BCUT2D eigenvalue weighted by atomic mass is 10.1. The molecule has 3 saturated heterocycles. The maximum absolute atomic E-state index is 13.5. The summed E-state index contributed by atoms with van der Waals surface area (Å²) in [5, 5.41) is 9.43. The minimum atomic E-state index is -0.732. The Bertz CT molecular complexity index is 1310. The van der Waals surface area contributed by atoms with Crippen molar-refractivity contribution in [3.8, 4) is 17.6 Å². The van der Waals surface area contributed by atoms with Crippen LogP contribution in [0.25, 0.3) is 0 Å². The molecule has 9 nitrogen and oxygen atoms in total. The second-order valence-electron chi connectivity index (χ2n) is 8.86. The maximum atomic E-state index is 13.5. The standard InChI is InChI=1S/C25H23ClN4O5/c1-13-17(6-5-15(11-27)22(13)26)30-24(32)23-18-10-16(29(23)25(30)33)12-28(18)21(31)9-14-4-7-19(34-2)20(8-14)35-3/h4-8,16,18,23H,9-10,12H2,1-3H3/t16?,18?,23-/m1/s1. The zero-order valence-corrected chi connectivity index (χ0v) is 20.2. The summed E-state index contributed by atoms with van der Waals surface area (Å²) in [5.74, 6) is 0.624. The second kappa shape index (κ2) is 8.47. The van der Waals surface area contributed by atoms with Crippen LogP contribution < -0.4 is 14.4 Å². The largest absolute Gasteiger partial charge is 0.493 e. The molecule has 0 aliphatic carbocycles. The van der Waals surface area contributed by atoms with E-state index in [4.69, 9.17) is 21.1 Å². The number of imide groups is 1. The lowest BCUT2D eigenvalue weighted by molar-refractivity contribution is -0.135. The third-order valence-corrected chi connectivity index (χ3v) is 7.59. The number of piperazine rings is 1. The van der Waals surface area contributed by atoms with Gasteiger partial charge in [0.25, 0.3) is 5.91 Å². The Hall–Kier alpha value is -3.77. The fourth-order valence-corrected chi connectivity index (χ4v) is 5.64. The van der Waals surface area contributed by atoms with Gasteiger partial charge in [-0.25, -0.2) is 9.69 Å². The first-order valence-corrected chi connectivity index (χ1v) is 11.5. The Kier molecular flexibility index (Phi) is 5.56. The smallest absolute Gasteiger partial charge is 0.332 e. The number of carbonyl (C=O) groups excluding carboxylic acids is 3. The molecule has 0 saturated carbocycles. The van der Waals surface area contributed by atoms with Crippen LogP contribution in [-0.2, 0) is 16.0 Å². The van der Waals surface area contributed by atoms with E-state index in [1.807, 2.05) is 12.1 Å². The lowest BCUT2D eigenvalue weighted by Crippen LogP contribution is -2.55. The van der Waals surface area contributed by atoms with Crippen molar-refractivity contribution in [3.63, 3.8) is 0 Å². The van der Waals surface area contributed by atoms with Crippen molar-refractivity contribution in [2.45, 2.75) is 37.9 Å². The van der Waals surface area contributed by atoms with Crippen LogP contribution in [0.3, 0.4) is 0 Å². The van der Waals surface area contributed by atoms with Crippen molar-refractivity contribution < 1.29 is 23.9 Å². The number of hydrogen-bond acceptors (Lipinski definition) is 6. The number of fused-ring (bicyclic) bond motifs is 5. The second-order valence-corrected chi connectivity index (χ2v) is 9.24. The van der Waals surface area contributed by atoms with Gasteiger partial charge in [0.15, 0.2) is 11.5 Å². The number of amides is 4. The highest BCUT2D eigenvalue weighted by atomic mass is 35.5. The van der Waals surface area contributed by atoms with Crippen molar-refractivity contribution in [2.24, 2.45) is 0 Å². The number of hydrogen-bond donors (Lipinski definition) is 0. The summed E-state index contributed by atoms with van der Waals surface area (Å²) in [5.41, 5.74) is 1.90. The Balaban J connectivity index is 1.38. The van der Waals surface area contributed by atoms with E-state index in [-0.39, 0.29) is 40.9 Å². The zero-order valence-electron chi connectivity index (χ0n) is 19.4.